The third kappa shape index (κ3) is 7.71. The second-order valence-corrected chi connectivity index (χ2v) is 13.3. The number of benzene rings is 4. The molecule has 54 heavy (non-hydrogen) atoms. The number of nitrogens with zero attached hydrogens (tertiary/aromatic N) is 4. The summed E-state index contributed by atoms with van der Waals surface area (Å²) in [6.45, 7) is 10.6. The molecule has 10 heteroatoms. The Balaban J connectivity index is 1.21. The van der Waals surface area contributed by atoms with Crippen LogP contribution in [0.3, 0.4) is 0 Å². The van der Waals surface area contributed by atoms with Crippen LogP contribution in [0.25, 0.3) is 32.8 Å². The molecule has 1 aliphatic rings. The van der Waals surface area contributed by atoms with Gasteiger partial charge in [0.2, 0.25) is 0 Å². The maximum atomic E-state index is 13.7. The molecule has 10 nitrogen and oxygen atoms in total. The van der Waals surface area contributed by atoms with E-state index in [0.717, 1.165) is 93.2 Å². The molecular formula is C44H48N4O6. The first-order valence-electron chi connectivity index (χ1n) is 18.7. The molecule has 280 valence electrons. The van der Waals surface area contributed by atoms with Gasteiger partial charge in [-0.1, -0.05) is 60.7 Å². The fourth-order valence-corrected chi connectivity index (χ4v) is 7.42. The number of carbonyl (C=O) groups is 1. The number of ether oxygens (including phenoxy) is 5. The van der Waals surface area contributed by atoms with Crippen molar-refractivity contribution in [1.82, 2.24) is 14.3 Å². The van der Waals surface area contributed by atoms with Crippen LogP contribution in [0.2, 0.25) is 0 Å². The van der Waals surface area contributed by atoms with Crippen LogP contribution in [0, 0.1) is 0 Å². The normalized spacial score (nSPS) is 13.1. The van der Waals surface area contributed by atoms with Crippen LogP contribution in [0.15, 0.2) is 97.6 Å². The van der Waals surface area contributed by atoms with Gasteiger partial charge >= 0.3 is 5.97 Å². The maximum absolute atomic E-state index is 13.7. The second kappa shape index (κ2) is 17.0. The van der Waals surface area contributed by atoms with E-state index in [-0.39, 0.29) is 19.2 Å². The van der Waals surface area contributed by atoms with Crippen LogP contribution in [0.1, 0.15) is 40.8 Å². The molecule has 0 amide bonds. The Morgan fingerprint density at radius 1 is 0.907 bits per heavy atom. The molecule has 3 heterocycles. The first kappa shape index (κ1) is 36.8. The number of para-hydroxylation sites is 1. The third-order valence-corrected chi connectivity index (χ3v) is 9.94. The lowest BCUT2D eigenvalue weighted by molar-refractivity contribution is 0.0514. The van der Waals surface area contributed by atoms with E-state index in [2.05, 4.69) is 53.9 Å². The fourth-order valence-electron chi connectivity index (χ4n) is 7.42. The van der Waals surface area contributed by atoms with Gasteiger partial charge in [-0.05, 0) is 61.0 Å². The van der Waals surface area contributed by atoms with Crippen molar-refractivity contribution >= 4 is 33.3 Å². The maximum Gasteiger partial charge on any atom is 0.355 e. The highest BCUT2D eigenvalue weighted by Crippen LogP contribution is 2.39. The van der Waals surface area contributed by atoms with Crippen molar-refractivity contribution in [3.05, 3.63) is 120 Å². The number of hydrogen-bond acceptors (Lipinski definition) is 8. The van der Waals surface area contributed by atoms with Gasteiger partial charge in [0, 0.05) is 54.8 Å². The number of rotatable bonds is 16. The van der Waals surface area contributed by atoms with Gasteiger partial charge in [0.05, 0.1) is 50.9 Å². The molecule has 1 aliphatic heterocycles. The highest BCUT2D eigenvalue weighted by Gasteiger charge is 2.27. The van der Waals surface area contributed by atoms with Gasteiger partial charge in [-0.2, -0.15) is 5.10 Å². The second-order valence-electron chi connectivity index (χ2n) is 13.3. The van der Waals surface area contributed by atoms with Crippen LogP contribution in [-0.4, -0.2) is 66.4 Å². The fraction of sp³-hybridized carbons (Fsp3) is 0.318. The topological polar surface area (TPSA) is 89.2 Å². The zero-order valence-electron chi connectivity index (χ0n) is 31.4. The number of carbonyl (C=O) groups excluding carboxylic acids is 1. The average molecular weight is 729 g/mol. The van der Waals surface area contributed by atoms with E-state index in [1.165, 1.54) is 0 Å². The predicted molar refractivity (Wildman–Crippen MR) is 213 cm³/mol. The molecular weight excluding hydrogens is 681 g/mol. The number of aromatic nitrogens is 3. The Morgan fingerprint density at radius 3 is 2.46 bits per heavy atom. The van der Waals surface area contributed by atoms with Crippen LogP contribution < -0.4 is 14.4 Å². The lowest BCUT2D eigenvalue weighted by Gasteiger charge is -2.28. The summed E-state index contributed by atoms with van der Waals surface area (Å²) < 4.78 is 33.7. The van der Waals surface area contributed by atoms with E-state index in [9.17, 15) is 4.79 Å². The molecule has 1 saturated heterocycles. The van der Waals surface area contributed by atoms with E-state index >= 15 is 0 Å². The zero-order valence-corrected chi connectivity index (χ0v) is 31.4. The van der Waals surface area contributed by atoms with Gasteiger partial charge in [0.1, 0.15) is 29.5 Å². The predicted octanol–water partition coefficient (Wildman–Crippen LogP) is 8.04. The summed E-state index contributed by atoms with van der Waals surface area (Å²) in [5.74, 6) is 1.25. The molecule has 1 fully saturated rings. The van der Waals surface area contributed by atoms with Crippen molar-refractivity contribution in [3.8, 4) is 22.6 Å². The Morgan fingerprint density at radius 2 is 1.67 bits per heavy atom. The summed E-state index contributed by atoms with van der Waals surface area (Å²) in [4.78, 5) is 16.0. The first-order chi connectivity index (χ1) is 26.5. The van der Waals surface area contributed by atoms with Gasteiger partial charge < -0.3 is 33.2 Å². The minimum Gasteiger partial charge on any atom is -0.493 e. The molecule has 0 bridgehead atoms. The summed E-state index contributed by atoms with van der Waals surface area (Å²) in [7, 11) is 3.86. The average Bonchev–Trinajstić information content (AvgIpc) is 3.68. The molecule has 4 aromatic carbocycles. The molecule has 0 N–H and O–H groups in total. The van der Waals surface area contributed by atoms with Crippen molar-refractivity contribution in [2.24, 2.45) is 14.1 Å². The zero-order chi connectivity index (χ0) is 37.4. The highest BCUT2D eigenvalue weighted by molar-refractivity contribution is 6.04. The monoisotopic (exact) mass is 728 g/mol. The number of anilines is 1. The highest BCUT2D eigenvalue weighted by atomic mass is 16.5. The molecule has 0 unspecified atom stereocenters. The van der Waals surface area contributed by atoms with Crippen molar-refractivity contribution in [3.63, 3.8) is 0 Å². The summed E-state index contributed by atoms with van der Waals surface area (Å²) in [5, 5.41) is 8.16. The van der Waals surface area contributed by atoms with Crippen LogP contribution in [0.5, 0.6) is 11.5 Å². The van der Waals surface area contributed by atoms with Gasteiger partial charge in [-0.25, -0.2) is 4.79 Å². The molecule has 6 aromatic rings. The Bertz CT molecular complexity index is 2230. The molecule has 2 aromatic heterocycles. The Kier molecular flexibility index (Phi) is 11.6. The van der Waals surface area contributed by atoms with Crippen molar-refractivity contribution in [2.45, 2.75) is 33.0 Å². The molecule has 0 spiro atoms. The van der Waals surface area contributed by atoms with Crippen LogP contribution in [-0.2, 0) is 47.9 Å². The van der Waals surface area contributed by atoms with E-state index in [0.29, 0.717) is 38.4 Å². The quantitative estimate of drug-likeness (QED) is 0.0563. The smallest absolute Gasteiger partial charge is 0.355 e. The van der Waals surface area contributed by atoms with E-state index < -0.39 is 0 Å². The van der Waals surface area contributed by atoms with Crippen molar-refractivity contribution in [1.29, 1.82) is 0 Å². The van der Waals surface area contributed by atoms with E-state index in [4.69, 9.17) is 28.8 Å². The third-order valence-electron chi connectivity index (χ3n) is 9.94. The van der Waals surface area contributed by atoms with Gasteiger partial charge in [0.15, 0.2) is 0 Å². The van der Waals surface area contributed by atoms with Gasteiger partial charge in [0.25, 0.3) is 0 Å². The number of aryl methyl sites for hydroxylation is 3. The van der Waals surface area contributed by atoms with Crippen molar-refractivity contribution in [2.75, 3.05) is 51.0 Å². The first-order valence-corrected chi connectivity index (χ1v) is 18.7. The Hall–Kier alpha value is -5.58. The van der Waals surface area contributed by atoms with E-state index in [1.54, 1.807) is 6.08 Å². The minimum atomic E-state index is -0.350. The van der Waals surface area contributed by atoms with Gasteiger partial charge in [-0.3, -0.25) is 4.68 Å². The molecule has 0 saturated carbocycles. The summed E-state index contributed by atoms with van der Waals surface area (Å²) in [5.41, 5.74) is 7.05. The number of morpholine rings is 1. The SMILES string of the molecule is C=CCOCc1c(-c2cccc3c(CCCOc4cccc5ccccc45)c(C(=O)OCC)n(C)c23)c(COc2ccc(N3CCOCC3)cc2)nn1C. The molecule has 7 rings (SSSR count). The number of fused-ring (bicyclic) bond motifs is 2. The largest absolute Gasteiger partial charge is 0.493 e. The lowest BCUT2D eigenvalue weighted by Crippen LogP contribution is -2.36. The minimum absolute atomic E-state index is 0.242. The summed E-state index contributed by atoms with van der Waals surface area (Å²) in [6, 6.07) is 28.7. The summed E-state index contributed by atoms with van der Waals surface area (Å²) in [6.07, 6.45) is 3.06. The van der Waals surface area contributed by atoms with E-state index in [1.807, 2.05) is 72.7 Å². The van der Waals surface area contributed by atoms with Gasteiger partial charge in [-0.15, -0.1) is 6.58 Å². The number of esters is 1. The lowest BCUT2D eigenvalue weighted by atomic mass is 9.98. The molecule has 0 atom stereocenters. The molecule has 0 radical (unpaired) electrons. The molecule has 0 aliphatic carbocycles. The van der Waals surface area contributed by atoms with Crippen LogP contribution >= 0.6 is 0 Å². The van der Waals surface area contributed by atoms with Crippen LogP contribution in [0.4, 0.5) is 5.69 Å². The standard InChI is InChI=1S/C44H48N4O6/c1-5-25-51-30-39-41(38(45-47(39)4)29-54-33-21-19-32(20-22-33)48-23-27-50-28-24-48)37-16-10-15-35-36(43(44(49)52-6-2)46(3)42(35)37)17-11-26-53-40-18-9-13-31-12-7-8-14-34(31)40/h5,7-10,12-16,18-22H,1,6,11,17,23-30H2,2-4H3. The summed E-state index contributed by atoms with van der Waals surface area (Å²) >= 11 is 0. The van der Waals surface area contributed by atoms with Crippen molar-refractivity contribution < 1.29 is 28.5 Å². The Labute approximate surface area is 316 Å². The number of hydrogen-bond donors (Lipinski definition) is 0.